The van der Waals surface area contributed by atoms with Gasteiger partial charge in [0.15, 0.2) is 5.82 Å². The van der Waals surface area contributed by atoms with Crippen molar-refractivity contribution in [2.75, 3.05) is 0 Å². The Morgan fingerprint density at radius 3 is 1.47 bits per heavy atom. The van der Waals surface area contributed by atoms with E-state index in [1.54, 1.807) is 0 Å². The summed E-state index contributed by atoms with van der Waals surface area (Å²) >= 11 is 0. The molecule has 8 aromatic carbocycles. The molecule has 0 fully saturated rings. The first-order chi connectivity index (χ1) is 28.2. The molecule has 58 heavy (non-hydrogen) atoms. The summed E-state index contributed by atoms with van der Waals surface area (Å²) in [6, 6.07) is 66.3. The lowest BCUT2D eigenvalue weighted by Crippen LogP contribution is -2.15. The summed E-state index contributed by atoms with van der Waals surface area (Å²) < 4.78 is 0. The van der Waals surface area contributed by atoms with E-state index >= 15 is 0 Å². The third-order valence-corrected chi connectivity index (χ3v) is 12.9. The topological polar surface area (TPSA) is 25.8 Å². The van der Waals surface area contributed by atoms with Gasteiger partial charge < -0.3 is 0 Å². The summed E-state index contributed by atoms with van der Waals surface area (Å²) in [5.74, 6) is 0.724. The van der Waals surface area contributed by atoms with Crippen molar-refractivity contribution in [3.05, 3.63) is 204 Å². The molecule has 2 aliphatic rings. The molecule has 2 aliphatic carbocycles. The predicted octanol–water partition coefficient (Wildman–Crippen LogP) is 14.6. The molecule has 0 atom stereocenters. The Morgan fingerprint density at radius 1 is 0.310 bits per heavy atom. The van der Waals surface area contributed by atoms with E-state index in [0.717, 1.165) is 33.9 Å². The van der Waals surface area contributed by atoms with Crippen LogP contribution in [0.2, 0.25) is 0 Å². The summed E-state index contributed by atoms with van der Waals surface area (Å²) in [6.45, 7) is 9.42. The third-order valence-electron chi connectivity index (χ3n) is 12.9. The highest BCUT2D eigenvalue weighted by Crippen LogP contribution is 2.54. The quantitative estimate of drug-likeness (QED) is 0.175. The number of nitrogens with zero attached hydrogens (tertiary/aromatic N) is 2. The summed E-state index contributed by atoms with van der Waals surface area (Å²) in [6.07, 6.45) is 0. The zero-order valence-corrected chi connectivity index (χ0v) is 33.2. The number of hydrogen-bond donors (Lipinski definition) is 0. The summed E-state index contributed by atoms with van der Waals surface area (Å²) in [4.78, 5) is 10.5. The Balaban J connectivity index is 0.990. The van der Waals surface area contributed by atoms with Gasteiger partial charge >= 0.3 is 0 Å². The molecule has 9 aromatic rings. The zero-order valence-electron chi connectivity index (χ0n) is 33.2. The fraction of sp³-hybridized carbons (Fsp3) is 0.107. The van der Waals surface area contributed by atoms with Crippen LogP contribution < -0.4 is 0 Å². The van der Waals surface area contributed by atoms with Crippen molar-refractivity contribution in [1.29, 1.82) is 0 Å². The van der Waals surface area contributed by atoms with E-state index in [1.165, 1.54) is 77.5 Å². The average molecular weight is 743 g/mol. The maximum atomic E-state index is 5.30. The Bertz CT molecular complexity index is 3080. The van der Waals surface area contributed by atoms with E-state index in [4.69, 9.17) is 9.97 Å². The molecule has 0 N–H and O–H groups in total. The van der Waals surface area contributed by atoms with E-state index in [9.17, 15) is 0 Å². The van der Waals surface area contributed by atoms with Crippen LogP contribution in [0.1, 0.15) is 49.9 Å². The molecular formula is C56H42N2. The fourth-order valence-corrected chi connectivity index (χ4v) is 9.70. The average Bonchev–Trinajstić information content (AvgIpc) is 3.64. The Morgan fingerprint density at radius 2 is 0.810 bits per heavy atom. The molecule has 2 heteroatoms. The fourth-order valence-electron chi connectivity index (χ4n) is 9.70. The second kappa shape index (κ2) is 12.8. The van der Waals surface area contributed by atoms with Gasteiger partial charge in [0.05, 0.1) is 11.4 Å². The van der Waals surface area contributed by atoms with Crippen LogP contribution in [0.4, 0.5) is 0 Å². The van der Waals surface area contributed by atoms with Gasteiger partial charge in [0, 0.05) is 27.5 Å². The van der Waals surface area contributed by atoms with Crippen LogP contribution >= 0.6 is 0 Å². The minimum Gasteiger partial charge on any atom is -0.228 e. The lowest BCUT2D eigenvalue weighted by Gasteiger charge is -2.22. The van der Waals surface area contributed by atoms with Gasteiger partial charge in [0.1, 0.15) is 0 Å². The second-order valence-corrected chi connectivity index (χ2v) is 17.0. The van der Waals surface area contributed by atoms with Crippen LogP contribution in [0, 0.1) is 0 Å². The van der Waals surface area contributed by atoms with E-state index in [0.29, 0.717) is 0 Å². The molecule has 1 aromatic heterocycles. The smallest absolute Gasteiger partial charge is 0.160 e. The number of aromatic nitrogens is 2. The van der Waals surface area contributed by atoms with E-state index in [2.05, 4.69) is 204 Å². The van der Waals surface area contributed by atoms with Crippen LogP contribution in [0.5, 0.6) is 0 Å². The van der Waals surface area contributed by atoms with Gasteiger partial charge in [-0.05, 0) is 108 Å². The Labute approximate surface area is 340 Å². The van der Waals surface area contributed by atoms with Gasteiger partial charge in [-0.15, -0.1) is 0 Å². The van der Waals surface area contributed by atoms with Crippen molar-refractivity contribution in [2.45, 2.75) is 38.5 Å². The van der Waals surface area contributed by atoms with E-state index in [1.807, 2.05) is 6.07 Å². The van der Waals surface area contributed by atoms with Gasteiger partial charge in [-0.25, -0.2) is 9.97 Å². The lowest BCUT2D eigenvalue weighted by molar-refractivity contribution is 0.661. The SMILES string of the molecule is CC1(C)c2cc(-c3ccccc3)ccc2-c2ccc(-c3ccc(-c4cc(-c5cccc6c5-c5cc7ccccc7cc5C6(C)C)nc(-c5ccccc5)n4)cc3)cc21. The minimum absolute atomic E-state index is 0.114. The molecule has 0 radical (unpaired) electrons. The molecule has 1 heterocycles. The number of benzene rings is 8. The van der Waals surface area contributed by atoms with Gasteiger partial charge in [0.25, 0.3) is 0 Å². The molecule has 2 nitrogen and oxygen atoms in total. The van der Waals surface area contributed by atoms with Crippen LogP contribution in [0.3, 0.4) is 0 Å². The first kappa shape index (κ1) is 34.4. The van der Waals surface area contributed by atoms with Gasteiger partial charge in [0.2, 0.25) is 0 Å². The largest absolute Gasteiger partial charge is 0.228 e. The van der Waals surface area contributed by atoms with Crippen LogP contribution in [0.15, 0.2) is 182 Å². The first-order valence-electron chi connectivity index (χ1n) is 20.3. The number of hydrogen-bond acceptors (Lipinski definition) is 2. The van der Waals surface area contributed by atoms with Crippen LogP contribution in [-0.4, -0.2) is 9.97 Å². The Kier molecular flexibility index (Phi) is 7.59. The molecular weight excluding hydrogens is 701 g/mol. The monoisotopic (exact) mass is 742 g/mol. The highest BCUT2D eigenvalue weighted by atomic mass is 14.9. The third kappa shape index (κ3) is 5.32. The molecule has 0 amide bonds. The molecule has 0 aliphatic heterocycles. The van der Waals surface area contributed by atoms with Gasteiger partial charge in [-0.3, -0.25) is 0 Å². The molecule has 276 valence electrons. The van der Waals surface area contributed by atoms with E-state index in [-0.39, 0.29) is 10.8 Å². The standard InChI is InChI=1S/C56H42N2/c1-55(2)47-21-13-20-45(53(47)46-30-39-18-11-12-19-40(39)31-50(46)55)52-34-51(57-54(58-52)38-16-9-6-10-17-38)37-24-22-36(23-25-37)42-27-29-44-43-28-26-41(35-14-7-5-8-15-35)32-48(43)56(3,4)49(44)33-42/h5-34H,1-4H3. The molecule has 0 spiro atoms. The van der Waals surface area contributed by atoms with Gasteiger partial charge in [-0.2, -0.15) is 0 Å². The predicted molar refractivity (Wildman–Crippen MR) is 242 cm³/mol. The highest BCUT2D eigenvalue weighted by molar-refractivity contribution is 5.98. The Hall–Kier alpha value is -6.90. The summed E-state index contributed by atoms with van der Waals surface area (Å²) in [5, 5.41) is 2.52. The molecule has 0 saturated heterocycles. The summed E-state index contributed by atoms with van der Waals surface area (Å²) in [5.41, 5.74) is 20.4. The van der Waals surface area contributed by atoms with Gasteiger partial charge in [-0.1, -0.05) is 179 Å². The van der Waals surface area contributed by atoms with Crippen molar-refractivity contribution in [2.24, 2.45) is 0 Å². The first-order valence-corrected chi connectivity index (χ1v) is 20.3. The maximum Gasteiger partial charge on any atom is 0.160 e. The molecule has 0 saturated carbocycles. The lowest BCUT2D eigenvalue weighted by atomic mass is 9.81. The molecule has 11 rings (SSSR count). The van der Waals surface area contributed by atoms with Crippen molar-refractivity contribution in [1.82, 2.24) is 9.97 Å². The van der Waals surface area contributed by atoms with Crippen molar-refractivity contribution in [3.8, 4) is 78.4 Å². The number of fused-ring (bicyclic) bond motifs is 7. The molecule has 0 bridgehead atoms. The second-order valence-electron chi connectivity index (χ2n) is 17.0. The van der Waals surface area contributed by atoms with Crippen LogP contribution in [0.25, 0.3) is 89.2 Å². The minimum atomic E-state index is -0.140. The van der Waals surface area contributed by atoms with Crippen LogP contribution in [-0.2, 0) is 10.8 Å². The van der Waals surface area contributed by atoms with Crippen molar-refractivity contribution < 1.29 is 0 Å². The molecule has 0 unspecified atom stereocenters. The highest BCUT2D eigenvalue weighted by Gasteiger charge is 2.38. The van der Waals surface area contributed by atoms with Crippen molar-refractivity contribution >= 4 is 10.8 Å². The number of rotatable bonds is 5. The maximum absolute atomic E-state index is 5.30. The summed E-state index contributed by atoms with van der Waals surface area (Å²) in [7, 11) is 0. The van der Waals surface area contributed by atoms with Crippen molar-refractivity contribution in [3.63, 3.8) is 0 Å². The van der Waals surface area contributed by atoms with E-state index < -0.39 is 0 Å². The zero-order chi connectivity index (χ0) is 39.2. The normalized spacial score (nSPS) is 14.1.